The summed E-state index contributed by atoms with van der Waals surface area (Å²) < 4.78 is 0. The van der Waals surface area contributed by atoms with Gasteiger partial charge in [-0.3, -0.25) is 4.79 Å². The van der Waals surface area contributed by atoms with Crippen molar-refractivity contribution in [1.29, 1.82) is 0 Å². The Bertz CT molecular complexity index is 551. The van der Waals surface area contributed by atoms with E-state index in [1.807, 2.05) is 13.0 Å². The van der Waals surface area contributed by atoms with Gasteiger partial charge in [-0.15, -0.1) is 0 Å². The Morgan fingerprint density at radius 1 is 1.24 bits per heavy atom. The molecule has 0 atom stereocenters. The second-order valence-electron chi connectivity index (χ2n) is 5.10. The molecular formula is C17H22N2O2. The van der Waals surface area contributed by atoms with E-state index in [1.54, 1.807) is 18.3 Å². The van der Waals surface area contributed by atoms with Gasteiger partial charge in [0, 0.05) is 11.8 Å². The monoisotopic (exact) mass is 286 g/mol. The first-order valence-corrected chi connectivity index (χ1v) is 6.90. The maximum absolute atomic E-state index is 11.7. The number of benzene rings is 1. The van der Waals surface area contributed by atoms with Crippen LogP contribution in [0.25, 0.3) is 0 Å². The molecule has 4 heteroatoms. The molecule has 0 heterocycles. The fourth-order valence-corrected chi connectivity index (χ4v) is 1.61. The van der Waals surface area contributed by atoms with Gasteiger partial charge in [-0.1, -0.05) is 17.2 Å². The van der Waals surface area contributed by atoms with Crippen LogP contribution in [0.3, 0.4) is 0 Å². The van der Waals surface area contributed by atoms with Crippen molar-refractivity contribution < 1.29 is 9.90 Å². The maximum Gasteiger partial charge on any atom is 0.271 e. The third kappa shape index (κ3) is 7.11. The van der Waals surface area contributed by atoms with Crippen LogP contribution in [0.5, 0.6) is 5.75 Å². The predicted molar refractivity (Wildman–Crippen MR) is 86.5 cm³/mol. The smallest absolute Gasteiger partial charge is 0.271 e. The molecular weight excluding hydrogens is 264 g/mol. The van der Waals surface area contributed by atoms with E-state index in [4.69, 9.17) is 5.11 Å². The highest BCUT2D eigenvalue weighted by atomic mass is 16.3. The van der Waals surface area contributed by atoms with Crippen molar-refractivity contribution >= 4 is 12.1 Å². The highest BCUT2D eigenvalue weighted by Gasteiger charge is 2.02. The number of hydrogen-bond acceptors (Lipinski definition) is 3. The lowest BCUT2D eigenvalue weighted by atomic mass is 10.1. The van der Waals surface area contributed by atoms with Crippen molar-refractivity contribution in [2.75, 3.05) is 0 Å². The van der Waals surface area contributed by atoms with E-state index in [9.17, 15) is 4.79 Å². The lowest BCUT2D eigenvalue weighted by Crippen LogP contribution is -2.17. The van der Waals surface area contributed by atoms with Gasteiger partial charge in [-0.2, -0.15) is 5.10 Å². The molecule has 112 valence electrons. The number of carbonyl (C=O) groups is 1. The van der Waals surface area contributed by atoms with E-state index in [1.165, 1.54) is 23.3 Å². The lowest BCUT2D eigenvalue weighted by molar-refractivity contribution is 0.0955. The maximum atomic E-state index is 11.7. The number of hydrazone groups is 1. The minimum Gasteiger partial charge on any atom is -0.508 e. The molecule has 21 heavy (non-hydrogen) atoms. The Morgan fingerprint density at radius 3 is 2.52 bits per heavy atom. The molecule has 0 unspecified atom stereocenters. The van der Waals surface area contributed by atoms with E-state index in [-0.39, 0.29) is 11.7 Å². The van der Waals surface area contributed by atoms with Crippen LogP contribution >= 0.6 is 0 Å². The number of nitrogens with one attached hydrogen (secondary N) is 1. The zero-order valence-electron chi connectivity index (χ0n) is 12.8. The van der Waals surface area contributed by atoms with Gasteiger partial charge in [0.2, 0.25) is 0 Å². The van der Waals surface area contributed by atoms with Crippen LogP contribution in [-0.4, -0.2) is 17.2 Å². The third-order valence-electron chi connectivity index (χ3n) is 2.82. The molecule has 2 N–H and O–H groups in total. The molecule has 0 radical (unpaired) electrons. The Morgan fingerprint density at radius 2 is 1.90 bits per heavy atom. The Hall–Kier alpha value is -2.36. The minimum atomic E-state index is -0.304. The van der Waals surface area contributed by atoms with Gasteiger partial charge in [0.15, 0.2) is 0 Å². The fourth-order valence-electron chi connectivity index (χ4n) is 1.61. The van der Waals surface area contributed by atoms with Crippen LogP contribution in [-0.2, 0) is 0 Å². The summed E-state index contributed by atoms with van der Waals surface area (Å²) in [4.78, 5) is 11.7. The first-order valence-electron chi connectivity index (χ1n) is 6.90. The van der Waals surface area contributed by atoms with Crippen molar-refractivity contribution in [1.82, 2.24) is 5.43 Å². The number of allylic oxidation sites excluding steroid dienone is 4. The molecule has 1 aromatic rings. The van der Waals surface area contributed by atoms with Gasteiger partial charge in [0.25, 0.3) is 5.91 Å². The lowest BCUT2D eigenvalue weighted by Gasteiger charge is -1.99. The number of phenols is 1. The molecule has 1 amide bonds. The molecule has 0 aliphatic heterocycles. The minimum absolute atomic E-state index is 0.130. The number of carbonyl (C=O) groups excluding carboxylic acids is 1. The van der Waals surface area contributed by atoms with E-state index < -0.39 is 0 Å². The molecule has 1 rings (SSSR count). The molecule has 0 aliphatic rings. The zero-order chi connectivity index (χ0) is 15.7. The summed E-state index contributed by atoms with van der Waals surface area (Å²) in [6.45, 7) is 6.20. The van der Waals surface area contributed by atoms with E-state index in [0.29, 0.717) is 5.56 Å². The quantitative estimate of drug-likeness (QED) is 0.474. The van der Waals surface area contributed by atoms with Crippen LogP contribution in [0, 0.1) is 0 Å². The van der Waals surface area contributed by atoms with E-state index in [2.05, 4.69) is 30.5 Å². The molecule has 0 aliphatic carbocycles. The molecule has 0 saturated heterocycles. The van der Waals surface area contributed by atoms with Gasteiger partial charge >= 0.3 is 0 Å². The summed E-state index contributed by atoms with van der Waals surface area (Å²) in [6, 6.07) is 6.01. The van der Waals surface area contributed by atoms with Gasteiger partial charge in [-0.25, -0.2) is 5.43 Å². The second-order valence-corrected chi connectivity index (χ2v) is 5.10. The van der Waals surface area contributed by atoms with Crippen LogP contribution in [0.15, 0.2) is 52.7 Å². The number of rotatable bonds is 6. The largest absolute Gasteiger partial charge is 0.508 e. The number of hydrogen-bond donors (Lipinski definition) is 2. The van der Waals surface area contributed by atoms with Crippen molar-refractivity contribution in [2.45, 2.75) is 33.6 Å². The molecule has 1 aromatic carbocycles. The third-order valence-corrected chi connectivity index (χ3v) is 2.82. The predicted octanol–water partition coefficient (Wildman–Crippen LogP) is 3.80. The van der Waals surface area contributed by atoms with E-state index in [0.717, 1.165) is 12.8 Å². The number of phenolic OH excluding ortho intramolecular Hbond substituents is 1. The standard InChI is InChI=1S/C17H22N2O2/c1-13(2)5-4-6-14(3)11-12-18-19-17(21)15-7-9-16(20)10-8-15/h5,7-12,20H,4,6H2,1-3H3,(H,19,21)/b14-11+,18-12-. The van der Waals surface area contributed by atoms with E-state index >= 15 is 0 Å². The van der Waals surface area contributed by atoms with Crippen LogP contribution in [0.2, 0.25) is 0 Å². The first-order chi connectivity index (χ1) is 9.99. The molecule has 0 fully saturated rings. The molecule has 4 nitrogen and oxygen atoms in total. The summed E-state index contributed by atoms with van der Waals surface area (Å²) in [5.74, 6) is -0.174. The van der Waals surface area contributed by atoms with Crippen LogP contribution in [0.1, 0.15) is 44.0 Å². The topological polar surface area (TPSA) is 61.7 Å². The molecule has 0 spiro atoms. The Kier molecular flexibility index (Phi) is 6.95. The average Bonchev–Trinajstić information content (AvgIpc) is 2.43. The number of aromatic hydroxyl groups is 1. The van der Waals surface area contributed by atoms with Crippen LogP contribution in [0.4, 0.5) is 0 Å². The van der Waals surface area contributed by atoms with Crippen molar-refractivity contribution in [3.63, 3.8) is 0 Å². The zero-order valence-corrected chi connectivity index (χ0v) is 12.8. The summed E-state index contributed by atoms with van der Waals surface area (Å²) in [6.07, 6.45) is 7.65. The molecule has 0 aromatic heterocycles. The normalized spacial score (nSPS) is 11.5. The fraction of sp³-hybridized carbons (Fsp3) is 0.294. The van der Waals surface area contributed by atoms with Gasteiger partial charge < -0.3 is 5.11 Å². The summed E-state index contributed by atoms with van der Waals surface area (Å²) >= 11 is 0. The Balaban J connectivity index is 2.41. The number of nitrogens with zero attached hydrogens (tertiary/aromatic N) is 1. The highest BCUT2D eigenvalue weighted by molar-refractivity contribution is 5.94. The number of amides is 1. The van der Waals surface area contributed by atoms with Gasteiger partial charge in [0.05, 0.1) is 0 Å². The van der Waals surface area contributed by atoms with Crippen molar-refractivity contribution in [3.8, 4) is 5.75 Å². The van der Waals surface area contributed by atoms with Crippen LogP contribution < -0.4 is 5.43 Å². The van der Waals surface area contributed by atoms with Crippen molar-refractivity contribution in [3.05, 3.63) is 53.1 Å². The van der Waals surface area contributed by atoms with Gasteiger partial charge in [-0.05, 0) is 64.0 Å². The second kappa shape index (κ2) is 8.74. The highest BCUT2D eigenvalue weighted by Crippen LogP contribution is 2.09. The first kappa shape index (κ1) is 16.7. The Labute approximate surface area is 125 Å². The molecule has 0 saturated carbocycles. The van der Waals surface area contributed by atoms with Crippen molar-refractivity contribution in [2.24, 2.45) is 5.10 Å². The SMILES string of the molecule is CC(C)=CCC/C(C)=C/C=N\NC(=O)c1ccc(O)cc1. The average molecular weight is 286 g/mol. The molecule has 0 bridgehead atoms. The summed E-state index contributed by atoms with van der Waals surface area (Å²) in [5.41, 5.74) is 5.41. The summed E-state index contributed by atoms with van der Waals surface area (Å²) in [5, 5.41) is 13.0. The van der Waals surface area contributed by atoms with Gasteiger partial charge in [0.1, 0.15) is 5.75 Å². The summed E-state index contributed by atoms with van der Waals surface area (Å²) in [7, 11) is 0.